The Morgan fingerprint density at radius 3 is 2.52 bits per heavy atom. The van der Waals surface area contributed by atoms with Gasteiger partial charge in [0, 0.05) is 18.0 Å². The van der Waals surface area contributed by atoms with Gasteiger partial charge in [0.05, 0.1) is 21.0 Å². The molecule has 152 valence electrons. The zero-order chi connectivity index (χ0) is 21.2. The van der Waals surface area contributed by atoms with E-state index in [9.17, 15) is 26.6 Å². The number of benzene rings is 1. The third-order valence-electron chi connectivity index (χ3n) is 3.57. The monoisotopic (exact) mass is 428 g/mol. The van der Waals surface area contributed by atoms with Crippen LogP contribution in [0.4, 0.5) is 17.6 Å². The maximum Gasteiger partial charge on any atom is 0.471 e. The molecule has 2 heterocycles. The lowest BCUT2D eigenvalue weighted by molar-refractivity contribution is -0.159. The van der Waals surface area contributed by atoms with E-state index in [1.54, 1.807) is 6.07 Å². The highest BCUT2D eigenvalue weighted by atomic mass is 32.2. The molecule has 0 aliphatic rings. The number of nitrogens with zero attached hydrogens (tertiary/aromatic N) is 4. The summed E-state index contributed by atoms with van der Waals surface area (Å²) in [6, 6.07) is 8.11. The maximum absolute atomic E-state index is 13.7. The molecule has 0 spiro atoms. The van der Waals surface area contributed by atoms with Crippen molar-refractivity contribution in [1.29, 1.82) is 0 Å². The zero-order valence-electron chi connectivity index (χ0n) is 14.7. The van der Waals surface area contributed by atoms with Gasteiger partial charge >= 0.3 is 12.1 Å². The van der Waals surface area contributed by atoms with Crippen molar-refractivity contribution in [3.63, 3.8) is 0 Å². The summed E-state index contributed by atoms with van der Waals surface area (Å²) in [5.41, 5.74) is 0.0309. The van der Waals surface area contributed by atoms with Crippen LogP contribution in [-0.2, 0) is 21.7 Å². The Labute approximate surface area is 162 Å². The largest absolute Gasteiger partial charge is 0.471 e. The first-order chi connectivity index (χ1) is 13.5. The summed E-state index contributed by atoms with van der Waals surface area (Å²) in [7, 11) is -3.09. The van der Waals surface area contributed by atoms with E-state index >= 15 is 0 Å². The highest BCUT2D eigenvalue weighted by Crippen LogP contribution is 2.29. The molecule has 0 saturated carbocycles. The van der Waals surface area contributed by atoms with Crippen LogP contribution in [0.15, 0.2) is 51.5 Å². The van der Waals surface area contributed by atoms with E-state index in [0.717, 1.165) is 6.20 Å². The van der Waals surface area contributed by atoms with Gasteiger partial charge in [-0.15, -0.1) is 0 Å². The molecule has 1 unspecified atom stereocenters. The number of alkyl halides is 3. The van der Waals surface area contributed by atoms with Crippen molar-refractivity contribution >= 4 is 15.6 Å². The lowest BCUT2D eigenvalue weighted by atomic mass is 10.2. The van der Waals surface area contributed by atoms with Gasteiger partial charge in [0.2, 0.25) is 5.82 Å². The Hall–Kier alpha value is -3.15. The second-order valence-electron chi connectivity index (χ2n) is 5.94. The van der Waals surface area contributed by atoms with Crippen LogP contribution in [-0.4, -0.2) is 31.5 Å². The van der Waals surface area contributed by atoms with Crippen molar-refractivity contribution in [2.24, 2.45) is 4.36 Å². The quantitative estimate of drug-likeness (QED) is 0.588. The Bertz CT molecular complexity index is 1170. The minimum absolute atomic E-state index is 0.0589. The molecule has 0 N–H and O–H groups in total. The Balaban J connectivity index is 1.79. The highest BCUT2D eigenvalue weighted by molar-refractivity contribution is 7.92. The summed E-state index contributed by atoms with van der Waals surface area (Å²) < 4.78 is 71.5. The summed E-state index contributed by atoms with van der Waals surface area (Å²) in [5, 5.41) is 3.18. The normalized spacial score (nSPS) is 13.7. The van der Waals surface area contributed by atoms with E-state index < -0.39 is 39.3 Å². The van der Waals surface area contributed by atoms with E-state index in [0.29, 0.717) is 0 Å². The molecule has 0 aliphatic carbocycles. The van der Waals surface area contributed by atoms with Crippen molar-refractivity contribution in [2.45, 2.75) is 11.9 Å². The van der Waals surface area contributed by atoms with E-state index in [2.05, 4.69) is 24.0 Å². The molecule has 0 radical (unpaired) electrons. The number of halogens is 4. The van der Waals surface area contributed by atoms with Gasteiger partial charge in [0.1, 0.15) is 11.5 Å². The summed E-state index contributed by atoms with van der Waals surface area (Å²) in [5.74, 6) is -3.62. The lowest BCUT2D eigenvalue weighted by Gasteiger charge is -2.05. The topological polar surface area (TPSA) is 98.3 Å². The Morgan fingerprint density at radius 2 is 1.93 bits per heavy atom. The number of hydrogen-bond acceptors (Lipinski definition) is 6. The zero-order valence-corrected chi connectivity index (χ0v) is 15.5. The fraction of sp³-hybridized carbons (Fsp3) is 0.176. The molecule has 0 saturated heterocycles. The summed E-state index contributed by atoms with van der Waals surface area (Å²) >= 11 is 0. The van der Waals surface area contributed by atoms with Crippen LogP contribution in [0.5, 0.6) is 0 Å². The van der Waals surface area contributed by atoms with Gasteiger partial charge < -0.3 is 4.52 Å². The van der Waals surface area contributed by atoms with Crippen molar-refractivity contribution in [3.8, 4) is 11.5 Å². The molecule has 0 bridgehead atoms. The molecular formula is C17H12F4N4O3S. The molecule has 0 aliphatic heterocycles. The van der Waals surface area contributed by atoms with Crippen LogP contribution in [0.2, 0.25) is 0 Å². The van der Waals surface area contributed by atoms with Gasteiger partial charge in [0.15, 0.2) is 0 Å². The second kappa shape index (κ2) is 7.70. The minimum atomic E-state index is -4.79. The van der Waals surface area contributed by atoms with Crippen LogP contribution in [0.3, 0.4) is 0 Å². The van der Waals surface area contributed by atoms with E-state index in [4.69, 9.17) is 0 Å². The molecule has 7 nitrogen and oxygen atoms in total. The van der Waals surface area contributed by atoms with Gasteiger partial charge in [-0.1, -0.05) is 23.4 Å². The molecule has 1 amide bonds. The molecule has 1 aromatic carbocycles. The molecule has 12 heteroatoms. The summed E-state index contributed by atoms with van der Waals surface area (Å²) in [4.78, 5) is 19.2. The molecule has 3 rings (SSSR count). The predicted octanol–water partition coefficient (Wildman–Crippen LogP) is 3.73. The number of rotatable bonds is 4. The number of hydrogen-bond donors (Lipinski definition) is 0. The standard InChI is InChI=1S/C17H12F4N4O3S/c1-29(27,9-11-4-2-3-5-12(11)18)25-15(26)10-6-7-13(22-8-10)14-23-16(28-24-14)17(19,20)21/h2-8H,9H2,1H3. The predicted molar refractivity (Wildman–Crippen MR) is 93.5 cm³/mol. The molecular weight excluding hydrogens is 416 g/mol. The number of carbonyl (C=O) groups is 1. The van der Waals surface area contributed by atoms with Crippen molar-refractivity contribution in [3.05, 3.63) is 65.4 Å². The third-order valence-corrected chi connectivity index (χ3v) is 4.96. The van der Waals surface area contributed by atoms with Gasteiger partial charge in [-0.25, -0.2) is 8.60 Å². The summed E-state index contributed by atoms with van der Waals surface area (Å²) in [6.45, 7) is 0. The van der Waals surface area contributed by atoms with Crippen LogP contribution >= 0.6 is 0 Å². The molecule has 29 heavy (non-hydrogen) atoms. The highest BCUT2D eigenvalue weighted by Gasteiger charge is 2.38. The van der Waals surface area contributed by atoms with Crippen molar-refractivity contribution in [2.75, 3.05) is 6.26 Å². The third kappa shape index (κ3) is 5.02. The maximum atomic E-state index is 13.7. The number of pyridine rings is 1. The van der Waals surface area contributed by atoms with Crippen LogP contribution in [0.25, 0.3) is 11.5 Å². The van der Waals surface area contributed by atoms with Crippen molar-refractivity contribution < 1.29 is 31.1 Å². The second-order valence-corrected chi connectivity index (χ2v) is 8.33. The van der Waals surface area contributed by atoms with E-state index in [1.807, 2.05) is 0 Å². The smallest absolute Gasteiger partial charge is 0.329 e. The van der Waals surface area contributed by atoms with Gasteiger partial charge in [0.25, 0.3) is 5.91 Å². The number of amides is 1. The molecule has 3 aromatic rings. The lowest BCUT2D eigenvalue weighted by Crippen LogP contribution is -2.07. The fourth-order valence-electron chi connectivity index (χ4n) is 2.26. The number of carbonyl (C=O) groups excluding carboxylic acids is 1. The average molecular weight is 428 g/mol. The fourth-order valence-corrected chi connectivity index (χ4v) is 3.59. The first-order valence-electron chi connectivity index (χ1n) is 7.90. The van der Waals surface area contributed by atoms with E-state index in [1.165, 1.54) is 36.6 Å². The van der Waals surface area contributed by atoms with Gasteiger partial charge in [-0.05, 0) is 18.2 Å². The molecule has 2 aromatic heterocycles. The van der Waals surface area contributed by atoms with Crippen LogP contribution in [0, 0.1) is 5.82 Å². The SMILES string of the molecule is CS(=O)(Cc1ccccc1F)=NC(=O)c1ccc(-c2noc(C(F)(F)F)n2)nc1. The first-order valence-corrected chi connectivity index (χ1v) is 9.99. The minimum Gasteiger partial charge on any atom is -0.329 e. The van der Waals surface area contributed by atoms with Gasteiger partial charge in [-0.3, -0.25) is 9.78 Å². The first kappa shape index (κ1) is 20.6. The molecule has 1 atom stereocenters. The Kier molecular flexibility index (Phi) is 5.46. The average Bonchev–Trinajstić information content (AvgIpc) is 3.14. The van der Waals surface area contributed by atoms with Crippen LogP contribution < -0.4 is 0 Å². The van der Waals surface area contributed by atoms with Gasteiger partial charge in [-0.2, -0.15) is 22.5 Å². The van der Waals surface area contributed by atoms with E-state index in [-0.39, 0.29) is 22.6 Å². The Morgan fingerprint density at radius 1 is 1.21 bits per heavy atom. The number of aromatic nitrogens is 3. The summed E-state index contributed by atoms with van der Waals surface area (Å²) in [6.07, 6.45) is -2.54. The molecule has 0 fully saturated rings. The van der Waals surface area contributed by atoms with Crippen molar-refractivity contribution in [1.82, 2.24) is 15.1 Å². The van der Waals surface area contributed by atoms with Crippen LogP contribution in [0.1, 0.15) is 21.8 Å².